The average Bonchev–Trinajstić information content (AvgIpc) is 2.67. The van der Waals surface area contributed by atoms with Gasteiger partial charge in [-0.05, 0) is 37.3 Å². The van der Waals surface area contributed by atoms with Crippen LogP contribution in [0.5, 0.6) is 0 Å². The monoisotopic (exact) mass is 353 g/mol. The molecular weight excluding hydrogens is 324 g/mol. The van der Waals surface area contributed by atoms with Gasteiger partial charge in [-0.3, -0.25) is 4.79 Å². The molecule has 2 aromatic heterocycles. The minimum atomic E-state index is 0.0596. The van der Waals surface area contributed by atoms with Crippen molar-refractivity contribution in [1.82, 2.24) is 4.98 Å². The van der Waals surface area contributed by atoms with Gasteiger partial charge in [-0.2, -0.15) is 0 Å². The van der Waals surface area contributed by atoms with Crippen molar-refractivity contribution in [2.24, 2.45) is 5.92 Å². The van der Waals surface area contributed by atoms with Crippen LogP contribution < -0.4 is 14.8 Å². The second kappa shape index (κ2) is 9.32. The number of nitrogens with one attached hydrogen (secondary N) is 1. The molecule has 1 aliphatic heterocycles. The normalized spacial score (nSPS) is 15.0. The molecule has 0 aromatic carbocycles. The molecular formula is C21H29N4O+. The van der Waals surface area contributed by atoms with Gasteiger partial charge in [-0.15, -0.1) is 0 Å². The predicted octanol–water partition coefficient (Wildman–Crippen LogP) is 3.41. The topological polar surface area (TPSA) is 49.1 Å². The fraction of sp³-hybridized carbons (Fsp3) is 0.476. The molecule has 0 bridgehead atoms. The van der Waals surface area contributed by atoms with E-state index in [-0.39, 0.29) is 5.91 Å². The highest BCUT2D eigenvalue weighted by atomic mass is 16.1. The highest BCUT2D eigenvalue weighted by Crippen LogP contribution is 2.22. The number of rotatable bonds is 7. The van der Waals surface area contributed by atoms with E-state index < -0.39 is 0 Å². The Bertz CT molecular complexity index is 679. The third-order valence-corrected chi connectivity index (χ3v) is 4.99. The van der Waals surface area contributed by atoms with Crippen molar-refractivity contribution < 1.29 is 9.36 Å². The van der Waals surface area contributed by atoms with E-state index in [9.17, 15) is 4.79 Å². The van der Waals surface area contributed by atoms with Crippen molar-refractivity contribution in [3.63, 3.8) is 0 Å². The zero-order valence-corrected chi connectivity index (χ0v) is 15.6. The largest absolute Gasteiger partial charge is 0.357 e. The summed E-state index contributed by atoms with van der Waals surface area (Å²) in [6, 6.07) is 10.0. The maximum absolute atomic E-state index is 12.1. The number of amides is 1. The van der Waals surface area contributed by atoms with Gasteiger partial charge < -0.3 is 10.2 Å². The molecule has 0 spiro atoms. The van der Waals surface area contributed by atoms with Crippen molar-refractivity contribution in [3.05, 3.63) is 48.9 Å². The quantitative estimate of drug-likeness (QED) is 0.613. The molecule has 1 aliphatic rings. The van der Waals surface area contributed by atoms with Crippen LogP contribution in [0.2, 0.25) is 0 Å². The summed E-state index contributed by atoms with van der Waals surface area (Å²) in [5, 5.41) is 2.95. The molecule has 26 heavy (non-hydrogen) atoms. The number of hydrogen-bond acceptors (Lipinski definition) is 3. The summed E-state index contributed by atoms with van der Waals surface area (Å²) >= 11 is 0. The SMILES string of the molecule is CC1CCN(c2ccc(NC(=O)CCCC[n+]3ccccc3)cn2)CC1. The third kappa shape index (κ3) is 5.55. The molecule has 5 heteroatoms. The number of piperidine rings is 1. The fourth-order valence-corrected chi connectivity index (χ4v) is 3.27. The van der Waals surface area contributed by atoms with Crippen LogP contribution in [0.15, 0.2) is 48.9 Å². The fourth-order valence-electron chi connectivity index (χ4n) is 3.27. The number of aromatic nitrogens is 2. The second-order valence-corrected chi connectivity index (χ2v) is 7.19. The minimum Gasteiger partial charge on any atom is -0.357 e. The number of carbonyl (C=O) groups is 1. The number of nitrogens with zero attached hydrogens (tertiary/aromatic N) is 3. The van der Waals surface area contributed by atoms with Crippen LogP contribution in [-0.4, -0.2) is 24.0 Å². The maximum Gasteiger partial charge on any atom is 0.224 e. The summed E-state index contributed by atoms with van der Waals surface area (Å²) in [7, 11) is 0. The third-order valence-electron chi connectivity index (χ3n) is 4.99. The number of anilines is 2. The van der Waals surface area contributed by atoms with Crippen LogP contribution in [0.25, 0.3) is 0 Å². The summed E-state index contributed by atoms with van der Waals surface area (Å²) < 4.78 is 2.14. The lowest BCUT2D eigenvalue weighted by atomic mass is 9.99. The molecule has 138 valence electrons. The molecule has 0 atom stereocenters. The maximum atomic E-state index is 12.1. The molecule has 1 fully saturated rings. The van der Waals surface area contributed by atoms with Crippen LogP contribution in [0.4, 0.5) is 11.5 Å². The van der Waals surface area contributed by atoms with Gasteiger partial charge in [-0.25, -0.2) is 9.55 Å². The second-order valence-electron chi connectivity index (χ2n) is 7.19. The number of unbranched alkanes of at least 4 members (excludes halogenated alkanes) is 1. The van der Waals surface area contributed by atoms with Crippen LogP contribution >= 0.6 is 0 Å². The lowest BCUT2D eigenvalue weighted by Crippen LogP contribution is -2.33. The molecule has 1 N–H and O–H groups in total. The van der Waals surface area contributed by atoms with E-state index in [1.807, 2.05) is 30.3 Å². The zero-order chi connectivity index (χ0) is 18.2. The van der Waals surface area contributed by atoms with E-state index in [2.05, 4.69) is 39.1 Å². The number of hydrogen-bond donors (Lipinski definition) is 1. The van der Waals surface area contributed by atoms with E-state index in [1.54, 1.807) is 6.20 Å². The summed E-state index contributed by atoms with van der Waals surface area (Å²) in [6.07, 6.45) is 10.7. The van der Waals surface area contributed by atoms with Crippen molar-refractivity contribution in [2.75, 3.05) is 23.3 Å². The first-order valence-corrected chi connectivity index (χ1v) is 9.65. The Morgan fingerprint density at radius 2 is 1.96 bits per heavy atom. The Balaban J connectivity index is 1.38. The van der Waals surface area contributed by atoms with Gasteiger partial charge >= 0.3 is 0 Å². The Morgan fingerprint density at radius 3 is 2.65 bits per heavy atom. The standard InChI is InChI=1S/C21H28N4O/c1-18-10-15-25(16-11-18)20-9-8-19(17-22-20)23-21(26)7-3-6-14-24-12-4-2-5-13-24/h2,4-5,8-9,12-13,17-18H,3,6-7,10-11,14-16H2,1H3/p+1. The van der Waals surface area contributed by atoms with Crippen LogP contribution in [0, 0.1) is 5.92 Å². The molecule has 3 rings (SSSR count). The average molecular weight is 353 g/mol. The highest BCUT2D eigenvalue weighted by molar-refractivity contribution is 5.90. The lowest BCUT2D eigenvalue weighted by molar-refractivity contribution is -0.697. The molecule has 0 radical (unpaired) electrons. The lowest BCUT2D eigenvalue weighted by Gasteiger charge is -2.31. The molecule has 0 saturated carbocycles. The van der Waals surface area contributed by atoms with E-state index in [0.717, 1.165) is 49.9 Å². The molecule has 1 saturated heterocycles. The number of carbonyl (C=O) groups excluding carboxylic acids is 1. The Labute approximate surface area is 156 Å². The molecule has 1 amide bonds. The van der Waals surface area contributed by atoms with Gasteiger partial charge in [-0.1, -0.05) is 13.0 Å². The van der Waals surface area contributed by atoms with E-state index in [1.165, 1.54) is 12.8 Å². The Morgan fingerprint density at radius 1 is 1.19 bits per heavy atom. The molecule has 3 heterocycles. The predicted molar refractivity (Wildman–Crippen MR) is 104 cm³/mol. The summed E-state index contributed by atoms with van der Waals surface area (Å²) in [6.45, 7) is 5.39. The van der Waals surface area contributed by atoms with Gasteiger partial charge in [0.05, 0.1) is 11.9 Å². The van der Waals surface area contributed by atoms with Gasteiger partial charge in [0.1, 0.15) is 12.4 Å². The summed E-state index contributed by atoms with van der Waals surface area (Å²) in [5.41, 5.74) is 0.779. The first-order chi connectivity index (χ1) is 12.7. The van der Waals surface area contributed by atoms with Crippen molar-refractivity contribution in [2.45, 2.75) is 45.6 Å². The first-order valence-electron chi connectivity index (χ1n) is 9.65. The molecule has 0 aliphatic carbocycles. The van der Waals surface area contributed by atoms with E-state index in [4.69, 9.17) is 0 Å². The Hall–Kier alpha value is -2.43. The van der Waals surface area contributed by atoms with E-state index in [0.29, 0.717) is 6.42 Å². The van der Waals surface area contributed by atoms with Crippen LogP contribution in [0.1, 0.15) is 39.0 Å². The summed E-state index contributed by atoms with van der Waals surface area (Å²) in [4.78, 5) is 18.9. The minimum absolute atomic E-state index is 0.0596. The van der Waals surface area contributed by atoms with Crippen LogP contribution in [0.3, 0.4) is 0 Å². The first kappa shape index (κ1) is 18.4. The van der Waals surface area contributed by atoms with Gasteiger partial charge in [0.2, 0.25) is 5.91 Å². The Kier molecular flexibility index (Phi) is 6.58. The number of aryl methyl sites for hydroxylation is 1. The molecule has 0 unspecified atom stereocenters. The molecule has 5 nitrogen and oxygen atoms in total. The highest BCUT2D eigenvalue weighted by Gasteiger charge is 2.16. The van der Waals surface area contributed by atoms with Crippen LogP contribution in [-0.2, 0) is 11.3 Å². The van der Waals surface area contributed by atoms with E-state index >= 15 is 0 Å². The van der Waals surface area contributed by atoms with Gasteiger partial charge in [0.15, 0.2) is 12.4 Å². The van der Waals surface area contributed by atoms with Gasteiger partial charge in [0, 0.05) is 38.1 Å². The van der Waals surface area contributed by atoms with Crippen molar-refractivity contribution in [1.29, 1.82) is 0 Å². The number of pyridine rings is 2. The summed E-state index contributed by atoms with van der Waals surface area (Å²) in [5.74, 6) is 1.88. The molecule has 2 aromatic rings. The van der Waals surface area contributed by atoms with Crippen molar-refractivity contribution >= 4 is 17.4 Å². The smallest absolute Gasteiger partial charge is 0.224 e. The van der Waals surface area contributed by atoms with Gasteiger partial charge in [0.25, 0.3) is 0 Å². The van der Waals surface area contributed by atoms with Crippen molar-refractivity contribution in [3.8, 4) is 0 Å². The zero-order valence-electron chi connectivity index (χ0n) is 15.6.